The van der Waals surface area contributed by atoms with Crippen LogP contribution in [0.2, 0.25) is 0 Å². The van der Waals surface area contributed by atoms with Crippen molar-refractivity contribution in [2.45, 2.75) is 32.4 Å². The molecule has 0 saturated heterocycles. The second kappa shape index (κ2) is 11.0. The molecule has 1 heterocycles. The number of hydrogen-bond donors (Lipinski definition) is 2. The van der Waals surface area contributed by atoms with E-state index in [2.05, 4.69) is 0 Å². The van der Waals surface area contributed by atoms with E-state index < -0.39 is 17.7 Å². The Morgan fingerprint density at radius 3 is 2.42 bits per heavy atom. The fraction of sp³-hybridized carbons (Fsp3) is 0.241. The van der Waals surface area contributed by atoms with E-state index in [9.17, 15) is 19.8 Å². The predicted octanol–water partition coefficient (Wildman–Crippen LogP) is 4.90. The van der Waals surface area contributed by atoms with E-state index in [-0.39, 0.29) is 35.8 Å². The molecule has 7 nitrogen and oxygen atoms in total. The third-order valence-corrected chi connectivity index (χ3v) is 6.22. The number of aryl methyl sites for hydroxylation is 1. The Kier molecular flexibility index (Phi) is 7.59. The number of Topliss-reactive ketones (excluding diaryl/α,β-unsaturated/α-hetero) is 1. The number of amides is 1. The summed E-state index contributed by atoms with van der Waals surface area (Å²) in [6, 6.07) is 20.7. The lowest BCUT2D eigenvalue weighted by Gasteiger charge is -2.28. The molecule has 0 spiro atoms. The zero-order chi connectivity index (χ0) is 25.7. The van der Waals surface area contributed by atoms with Crippen molar-refractivity contribution in [3.05, 3.63) is 101 Å². The second-order valence-corrected chi connectivity index (χ2v) is 8.48. The average molecular weight is 488 g/mol. The molecule has 4 rings (SSSR count). The normalized spacial score (nSPS) is 15.3. The molecular formula is C29H29NO6. The van der Waals surface area contributed by atoms with Crippen molar-refractivity contribution >= 4 is 11.7 Å². The van der Waals surface area contributed by atoms with Crippen LogP contribution in [0.5, 0.6) is 17.2 Å². The molecule has 0 saturated carbocycles. The fourth-order valence-corrected chi connectivity index (χ4v) is 4.47. The first-order valence-electron chi connectivity index (χ1n) is 11.8. The van der Waals surface area contributed by atoms with Gasteiger partial charge in [-0.1, -0.05) is 54.6 Å². The molecule has 1 aliphatic heterocycles. The van der Waals surface area contributed by atoms with Crippen LogP contribution in [0.15, 0.2) is 84.1 Å². The molecule has 1 atom stereocenters. The summed E-state index contributed by atoms with van der Waals surface area (Å²) in [4.78, 5) is 28.2. The van der Waals surface area contributed by atoms with Crippen LogP contribution >= 0.6 is 0 Å². The number of carbonyl (C=O) groups excluding carboxylic acids is 2. The van der Waals surface area contributed by atoms with E-state index in [4.69, 9.17) is 9.47 Å². The maximum absolute atomic E-state index is 13.5. The lowest BCUT2D eigenvalue weighted by molar-refractivity contribution is -0.130. The minimum absolute atomic E-state index is 0.0407. The van der Waals surface area contributed by atoms with Gasteiger partial charge in [0.15, 0.2) is 23.0 Å². The number of aliphatic hydroxyl groups is 1. The molecule has 1 unspecified atom stereocenters. The Bertz CT molecular complexity index is 1280. The number of ketones is 1. The minimum atomic E-state index is -0.856. The SMILES string of the molecule is CCOc1cc(C2C(C(=O)CCc3ccccc3)=C(O)C(=O)N2Cc2ccccc2OC)ccc1O. The number of rotatable bonds is 10. The molecule has 7 heteroatoms. The zero-order valence-electron chi connectivity index (χ0n) is 20.3. The van der Waals surface area contributed by atoms with Crippen LogP contribution in [0, 0.1) is 0 Å². The van der Waals surface area contributed by atoms with Gasteiger partial charge in [0.25, 0.3) is 5.91 Å². The number of ether oxygens (including phenoxy) is 2. The van der Waals surface area contributed by atoms with Gasteiger partial charge in [-0.05, 0) is 42.7 Å². The van der Waals surface area contributed by atoms with Crippen LogP contribution in [0.1, 0.15) is 36.1 Å². The minimum Gasteiger partial charge on any atom is -0.504 e. The van der Waals surface area contributed by atoms with Crippen LogP contribution in [-0.4, -0.2) is 40.5 Å². The van der Waals surface area contributed by atoms with Gasteiger partial charge in [0, 0.05) is 12.0 Å². The van der Waals surface area contributed by atoms with Crippen molar-refractivity contribution in [2.24, 2.45) is 0 Å². The van der Waals surface area contributed by atoms with Crippen LogP contribution in [0.4, 0.5) is 0 Å². The second-order valence-electron chi connectivity index (χ2n) is 8.48. The molecule has 0 aromatic heterocycles. The molecule has 0 radical (unpaired) electrons. The highest BCUT2D eigenvalue weighted by Gasteiger charge is 2.43. The zero-order valence-corrected chi connectivity index (χ0v) is 20.3. The predicted molar refractivity (Wildman–Crippen MR) is 135 cm³/mol. The van der Waals surface area contributed by atoms with Gasteiger partial charge in [0.1, 0.15) is 5.75 Å². The Morgan fingerprint density at radius 1 is 0.972 bits per heavy atom. The number of benzene rings is 3. The molecule has 186 valence electrons. The summed E-state index contributed by atoms with van der Waals surface area (Å²) < 4.78 is 11.0. The molecule has 1 aliphatic rings. The Hall–Kier alpha value is -4.26. The highest BCUT2D eigenvalue weighted by atomic mass is 16.5. The van der Waals surface area contributed by atoms with Crippen molar-refractivity contribution in [1.82, 2.24) is 4.90 Å². The lowest BCUT2D eigenvalue weighted by atomic mass is 9.92. The first kappa shape index (κ1) is 24.9. The maximum Gasteiger partial charge on any atom is 0.290 e. The number of aromatic hydroxyl groups is 1. The third-order valence-electron chi connectivity index (χ3n) is 6.22. The van der Waals surface area contributed by atoms with Crippen LogP contribution < -0.4 is 9.47 Å². The maximum atomic E-state index is 13.5. The van der Waals surface area contributed by atoms with Gasteiger partial charge in [-0.25, -0.2) is 0 Å². The molecule has 0 aliphatic carbocycles. The topological polar surface area (TPSA) is 96.3 Å². The monoisotopic (exact) mass is 487 g/mol. The van der Waals surface area contributed by atoms with Gasteiger partial charge in [-0.2, -0.15) is 0 Å². The summed E-state index contributed by atoms with van der Waals surface area (Å²) in [5.74, 6) is -0.733. The number of nitrogens with zero attached hydrogens (tertiary/aromatic N) is 1. The average Bonchev–Trinajstić information content (AvgIpc) is 3.14. The summed E-state index contributed by atoms with van der Waals surface area (Å²) in [5.41, 5.74) is 2.31. The molecule has 36 heavy (non-hydrogen) atoms. The Labute approximate surface area is 210 Å². The highest BCUT2D eigenvalue weighted by molar-refractivity contribution is 6.09. The van der Waals surface area contributed by atoms with Crippen LogP contribution in [-0.2, 0) is 22.6 Å². The lowest BCUT2D eigenvalue weighted by Crippen LogP contribution is -2.31. The number of methoxy groups -OCH3 is 1. The molecule has 0 fully saturated rings. The van der Waals surface area contributed by atoms with Gasteiger partial charge in [0.05, 0.1) is 31.9 Å². The van der Waals surface area contributed by atoms with E-state index in [1.165, 1.54) is 11.0 Å². The molecule has 2 N–H and O–H groups in total. The van der Waals surface area contributed by atoms with E-state index in [1.54, 1.807) is 32.2 Å². The van der Waals surface area contributed by atoms with Crippen LogP contribution in [0.3, 0.4) is 0 Å². The largest absolute Gasteiger partial charge is 0.504 e. The Morgan fingerprint density at radius 2 is 1.69 bits per heavy atom. The fourth-order valence-electron chi connectivity index (χ4n) is 4.47. The number of para-hydroxylation sites is 1. The summed E-state index contributed by atoms with van der Waals surface area (Å²) in [6.45, 7) is 2.23. The van der Waals surface area contributed by atoms with Crippen molar-refractivity contribution in [3.8, 4) is 17.2 Å². The standard InChI is InChI=1S/C29H29NO6/c1-3-36-25-17-20(14-16-22(25)31)27-26(23(32)15-13-19-9-5-4-6-10-19)28(33)29(34)30(27)18-21-11-7-8-12-24(21)35-2/h4-12,14,16-17,27,31,33H,3,13,15,18H2,1-2H3. The molecule has 0 bridgehead atoms. The van der Waals surface area contributed by atoms with E-state index in [1.807, 2.05) is 48.5 Å². The van der Waals surface area contributed by atoms with Gasteiger partial charge in [-0.3, -0.25) is 9.59 Å². The first-order valence-corrected chi connectivity index (χ1v) is 11.8. The summed E-state index contributed by atoms with van der Waals surface area (Å²) in [6.07, 6.45) is 0.607. The molecule has 3 aromatic rings. The van der Waals surface area contributed by atoms with E-state index >= 15 is 0 Å². The van der Waals surface area contributed by atoms with E-state index in [0.29, 0.717) is 24.3 Å². The van der Waals surface area contributed by atoms with Crippen molar-refractivity contribution < 1.29 is 29.3 Å². The van der Waals surface area contributed by atoms with Gasteiger partial charge < -0.3 is 24.6 Å². The Balaban J connectivity index is 1.73. The molecular weight excluding hydrogens is 458 g/mol. The van der Waals surface area contributed by atoms with Crippen molar-refractivity contribution in [2.75, 3.05) is 13.7 Å². The molecule has 1 amide bonds. The number of carbonyl (C=O) groups is 2. The van der Waals surface area contributed by atoms with Gasteiger partial charge in [0.2, 0.25) is 0 Å². The summed E-state index contributed by atoms with van der Waals surface area (Å²) in [5, 5.41) is 21.1. The number of aliphatic hydroxyl groups excluding tert-OH is 1. The van der Waals surface area contributed by atoms with Gasteiger partial charge >= 0.3 is 0 Å². The summed E-state index contributed by atoms with van der Waals surface area (Å²) in [7, 11) is 1.55. The van der Waals surface area contributed by atoms with Crippen LogP contribution in [0.25, 0.3) is 0 Å². The first-order chi connectivity index (χ1) is 17.4. The number of hydrogen-bond acceptors (Lipinski definition) is 6. The van der Waals surface area contributed by atoms with Gasteiger partial charge in [-0.15, -0.1) is 0 Å². The van der Waals surface area contributed by atoms with Crippen molar-refractivity contribution in [3.63, 3.8) is 0 Å². The highest BCUT2D eigenvalue weighted by Crippen LogP contribution is 2.42. The van der Waals surface area contributed by atoms with Crippen molar-refractivity contribution in [1.29, 1.82) is 0 Å². The molecule has 3 aromatic carbocycles. The third kappa shape index (κ3) is 5.05. The smallest absolute Gasteiger partial charge is 0.290 e. The summed E-state index contributed by atoms with van der Waals surface area (Å²) >= 11 is 0. The quantitative estimate of drug-likeness (QED) is 0.422. The number of phenolic OH excluding ortho intramolecular Hbond substituents is 1. The number of phenols is 1. The van der Waals surface area contributed by atoms with E-state index in [0.717, 1.165) is 11.1 Å².